The van der Waals surface area contributed by atoms with Crippen molar-refractivity contribution in [1.29, 1.82) is 0 Å². The molecule has 1 unspecified atom stereocenters. The van der Waals surface area contributed by atoms with Crippen LogP contribution in [0.2, 0.25) is 5.02 Å². The van der Waals surface area contributed by atoms with E-state index in [0.717, 1.165) is 35.5 Å². The number of hydrogen-bond acceptors (Lipinski definition) is 3. The monoisotopic (exact) mass is 380 g/mol. The molecule has 1 amide bonds. The molecule has 6 heteroatoms. The first-order valence-corrected chi connectivity index (χ1v) is 8.38. The highest BCUT2D eigenvalue weighted by Crippen LogP contribution is 2.32. The maximum atomic E-state index is 12.5. The summed E-state index contributed by atoms with van der Waals surface area (Å²) < 4.78 is 5.28. The molecule has 3 rings (SSSR count). The van der Waals surface area contributed by atoms with E-state index in [0.29, 0.717) is 5.02 Å². The molecule has 134 valence electrons. The highest BCUT2D eigenvalue weighted by molar-refractivity contribution is 6.31. The van der Waals surface area contributed by atoms with Gasteiger partial charge in [0, 0.05) is 18.1 Å². The average molecular weight is 381 g/mol. The van der Waals surface area contributed by atoms with Crippen molar-refractivity contribution in [2.45, 2.75) is 13.0 Å². The minimum absolute atomic E-state index is 0. The summed E-state index contributed by atoms with van der Waals surface area (Å²) in [6.45, 7) is 3.46. The Morgan fingerprint density at radius 3 is 2.52 bits per heavy atom. The molecule has 2 N–H and O–H groups in total. The molecule has 0 bridgehead atoms. The SMILES string of the molecule is COc1ccc(C(NC(=O)C2CNC2)c2ccccc2Cl)c(C)c1.Cl. The number of methoxy groups -OCH3 is 1. The standard InChI is InChI=1S/C19H21ClN2O2.ClH/c1-12-9-14(24-2)7-8-15(12)18(16-5-3-4-6-17(16)20)22-19(23)13-10-21-11-13;/h3-9,13,18,21H,10-11H2,1-2H3,(H,22,23);1H. The number of benzene rings is 2. The highest BCUT2D eigenvalue weighted by atomic mass is 35.5. The Kier molecular flexibility index (Phi) is 6.71. The van der Waals surface area contributed by atoms with E-state index in [4.69, 9.17) is 16.3 Å². The molecule has 0 radical (unpaired) electrons. The maximum Gasteiger partial charge on any atom is 0.226 e. The van der Waals surface area contributed by atoms with Crippen LogP contribution in [0.25, 0.3) is 0 Å². The van der Waals surface area contributed by atoms with Crippen LogP contribution in [0.4, 0.5) is 0 Å². The fourth-order valence-electron chi connectivity index (χ4n) is 2.87. The van der Waals surface area contributed by atoms with Gasteiger partial charge in [0.15, 0.2) is 0 Å². The number of carbonyl (C=O) groups excluding carboxylic acids is 1. The van der Waals surface area contributed by atoms with E-state index in [9.17, 15) is 4.79 Å². The zero-order chi connectivity index (χ0) is 17.1. The van der Waals surface area contributed by atoms with Crippen LogP contribution in [0.1, 0.15) is 22.7 Å². The van der Waals surface area contributed by atoms with E-state index in [2.05, 4.69) is 10.6 Å². The third-order valence-corrected chi connectivity index (χ3v) is 4.79. The third-order valence-electron chi connectivity index (χ3n) is 4.44. The molecule has 1 saturated heterocycles. The zero-order valence-electron chi connectivity index (χ0n) is 14.2. The van der Waals surface area contributed by atoms with E-state index >= 15 is 0 Å². The molecule has 25 heavy (non-hydrogen) atoms. The van der Waals surface area contributed by atoms with Crippen LogP contribution in [0.3, 0.4) is 0 Å². The first-order chi connectivity index (χ1) is 11.6. The maximum absolute atomic E-state index is 12.5. The van der Waals surface area contributed by atoms with E-state index < -0.39 is 0 Å². The topological polar surface area (TPSA) is 50.4 Å². The van der Waals surface area contributed by atoms with Gasteiger partial charge in [-0.3, -0.25) is 4.79 Å². The van der Waals surface area contributed by atoms with Gasteiger partial charge in [-0.05, 0) is 41.8 Å². The fraction of sp³-hybridized carbons (Fsp3) is 0.316. The second-order valence-electron chi connectivity index (χ2n) is 6.04. The van der Waals surface area contributed by atoms with Crippen molar-refractivity contribution in [1.82, 2.24) is 10.6 Å². The van der Waals surface area contributed by atoms with Crippen molar-refractivity contribution in [2.24, 2.45) is 5.92 Å². The molecule has 1 heterocycles. The molecule has 0 spiro atoms. The van der Waals surface area contributed by atoms with Crippen LogP contribution in [-0.2, 0) is 4.79 Å². The number of amides is 1. The lowest BCUT2D eigenvalue weighted by Gasteiger charge is -2.30. The molecule has 1 aliphatic heterocycles. The summed E-state index contributed by atoms with van der Waals surface area (Å²) in [5, 5.41) is 6.94. The number of hydrogen-bond donors (Lipinski definition) is 2. The Balaban J connectivity index is 0.00000225. The van der Waals surface area contributed by atoms with Gasteiger partial charge >= 0.3 is 0 Å². The second-order valence-corrected chi connectivity index (χ2v) is 6.45. The summed E-state index contributed by atoms with van der Waals surface area (Å²) in [7, 11) is 1.64. The Bertz CT molecular complexity index is 748. The summed E-state index contributed by atoms with van der Waals surface area (Å²) in [6, 6.07) is 13.2. The van der Waals surface area contributed by atoms with Gasteiger partial charge in [0.05, 0.1) is 19.1 Å². The lowest BCUT2D eigenvalue weighted by Crippen LogP contribution is -2.51. The molecule has 1 fully saturated rings. The van der Waals surface area contributed by atoms with E-state index in [1.54, 1.807) is 7.11 Å². The summed E-state index contributed by atoms with van der Waals surface area (Å²) in [6.07, 6.45) is 0. The molecule has 1 atom stereocenters. The number of rotatable bonds is 5. The normalized spacial score (nSPS) is 14.8. The van der Waals surface area contributed by atoms with Crippen molar-refractivity contribution in [3.05, 3.63) is 64.2 Å². The third kappa shape index (κ3) is 4.27. The van der Waals surface area contributed by atoms with Gasteiger partial charge in [-0.1, -0.05) is 35.9 Å². The van der Waals surface area contributed by atoms with Crippen LogP contribution < -0.4 is 15.4 Å². The van der Waals surface area contributed by atoms with Crippen molar-refractivity contribution in [3.8, 4) is 5.75 Å². The Hall–Kier alpha value is -1.75. The van der Waals surface area contributed by atoms with Crippen molar-refractivity contribution in [3.63, 3.8) is 0 Å². The molecule has 4 nitrogen and oxygen atoms in total. The number of ether oxygens (including phenoxy) is 1. The minimum Gasteiger partial charge on any atom is -0.497 e. The van der Waals surface area contributed by atoms with Crippen molar-refractivity contribution >= 4 is 29.9 Å². The van der Waals surface area contributed by atoms with Crippen molar-refractivity contribution < 1.29 is 9.53 Å². The quantitative estimate of drug-likeness (QED) is 0.834. The predicted molar refractivity (Wildman–Crippen MR) is 103 cm³/mol. The molecule has 0 aliphatic carbocycles. The molecule has 2 aromatic rings. The smallest absolute Gasteiger partial charge is 0.226 e. The highest BCUT2D eigenvalue weighted by Gasteiger charge is 2.29. The van der Waals surface area contributed by atoms with Gasteiger partial charge in [0.1, 0.15) is 5.75 Å². The van der Waals surface area contributed by atoms with Gasteiger partial charge in [-0.2, -0.15) is 0 Å². The van der Waals surface area contributed by atoms with Crippen LogP contribution in [0, 0.1) is 12.8 Å². The molecule has 0 aromatic heterocycles. The summed E-state index contributed by atoms with van der Waals surface area (Å²) in [4.78, 5) is 12.5. The number of nitrogens with one attached hydrogen (secondary N) is 2. The van der Waals surface area contributed by atoms with Crippen LogP contribution in [0.5, 0.6) is 5.75 Å². The summed E-state index contributed by atoms with van der Waals surface area (Å²) in [5.41, 5.74) is 2.96. The van der Waals surface area contributed by atoms with Crippen LogP contribution in [0.15, 0.2) is 42.5 Å². The lowest BCUT2D eigenvalue weighted by atomic mass is 9.93. The Labute approximate surface area is 159 Å². The Morgan fingerprint density at radius 2 is 1.96 bits per heavy atom. The fourth-order valence-corrected chi connectivity index (χ4v) is 3.11. The van der Waals surface area contributed by atoms with E-state index in [1.807, 2.05) is 49.4 Å². The largest absolute Gasteiger partial charge is 0.497 e. The zero-order valence-corrected chi connectivity index (χ0v) is 15.8. The first kappa shape index (κ1) is 19.6. The average Bonchev–Trinajstić information content (AvgIpc) is 2.52. The number of halogens is 2. The predicted octanol–water partition coefficient (Wildman–Crippen LogP) is 3.50. The van der Waals surface area contributed by atoms with Crippen LogP contribution in [-0.4, -0.2) is 26.1 Å². The second kappa shape index (κ2) is 8.56. The Morgan fingerprint density at radius 1 is 1.24 bits per heavy atom. The molecular weight excluding hydrogens is 359 g/mol. The van der Waals surface area contributed by atoms with Crippen LogP contribution >= 0.6 is 24.0 Å². The molecule has 1 aliphatic rings. The van der Waals surface area contributed by atoms with Gasteiger partial charge in [0.2, 0.25) is 5.91 Å². The lowest BCUT2D eigenvalue weighted by molar-refractivity contribution is -0.126. The summed E-state index contributed by atoms with van der Waals surface area (Å²) >= 11 is 6.40. The number of carbonyl (C=O) groups is 1. The minimum atomic E-state index is -0.280. The van der Waals surface area contributed by atoms with Gasteiger partial charge < -0.3 is 15.4 Å². The van der Waals surface area contributed by atoms with E-state index in [-0.39, 0.29) is 30.3 Å². The number of aryl methyl sites for hydroxylation is 1. The van der Waals surface area contributed by atoms with Crippen molar-refractivity contribution in [2.75, 3.05) is 20.2 Å². The molecular formula is C19H22Cl2N2O2. The van der Waals surface area contributed by atoms with Gasteiger partial charge in [-0.15, -0.1) is 12.4 Å². The molecule has 0 saturated carbocycles. The summed E-state index contributed by atoms with van der Waals surface area (Å²) in [5.74, 6) is 0.867. The van der Waals surface area contributed by atoms with Gasteiger partial charge in [-0.25, -0.2) is 0 Å². The molecule has 2 aromatic carbocycles. The first-order valence-electron chi connectivity index (χ1n) is 8.00. The van der Waals surface area contributed by atoms with E-state index in [1.165, 1.54) is 0 Å². The van der Waals surface area contributed by atoms with Gasteiger partial charge in [0.25, 0.3) is 0 Å².